The number of benzene rings is 1. The molecule has 0 spiro atoms. The summed E-state index contributed by atoms with van der Waals surface area (Å²) in [6, 6.07) is 8.42. The van der Waals surface area contributed by atoms with Crippen molar-refractivity contribution in [3.05, 3.63) is 52.1 Å². The van der Waals surface area contributed by atoms with Crippen LogP contribution in [0.2, 0.25) is 0 Å². The first-order valence-electron chi connectivity index (χ1n) is 5.62. The molecule has 0 radical (unpaired) electrons. The molecule has 2 rings (SSSR count). The van der Waals surface area contributed by atoms with Gasteiger partial charge >= 0.3 is 0 Å². The summed E-state index contributed by atoms with van der Waals surface area (Å²) in [5.41, 5.74) is 1.27. The second kappa shape index (κ2) is 7.76. The van der Waals surface area contributed by atoms with Gasteiger partial charge in [0.25, 0.3) is 0 Å². The lowest BCUT2D eigenvalue weighted by Gasteiger charge is -2.11. The molecular weight excluding hydrogens is 363 g/mol. The summed E-state index contributed by atoms with van der Waals surface area (Å²) in [4.78, 5) is 3.95. The van der Waals surface area contributed by atoms with E-state index in [-0.39, 0.29) is 18.5 Å². The summed E-state index contributed by atoms with van der Waals surface area (Å²) in [6.07, 6.45) is 6.70. The summed E-state index contributed by atoms with van der Waals surface area (Å²) in [5.74, 6) is 0. The maximum Gasteiger partial charge on any atom is 0.0946 e. The highest BCUT2D eigenvalue weighted by Gasteiger charge is 2.05. The molecule has 0 fully saturated rings. The van der Waals surface area contributed by atoms with Gasteiger partial charge in [-0.1, -0.05) is 12.1 Å². The zero-order valence-electron chi connectivity index (χ0n) is 9.87. The van der Waals surface area contributed by atoms with Crippen LogP contribution in [-0.4, -0.2) is 20.8 Å². The molecule has 1 atom stereocenters. The molecule has 1 aromatic heterocycles. The van der Waals surface area contributed by atoms with E-state index in [1.807, 2.05) is 10.8 Å². The van der Waals surface area contributed by atoms with E-state index in [0.717, 1.165) is 12.8 Å². The molecule has 1 heterocycles. The molecule has 1 N–H and O–H groups in total. The number of aryl methyl sites for hydroxylation is 1. The number of nitrogens with zero attached hydrogens (tertiary/aromatic N) is 2. The molecule has 1 aromatic carbocycles. The van der Waals surface area contributed by atoms with Gasteiger partial charge in [-0.3, -0.25) is 0 Å². The SMILES string of the molecule is Cl.OC(CCc1ccc(I)cc1)Cn1ccnc1. The van der Waals surface area contributed by atoms with Gasteiger partial charge in [0.2, 0.25) is 0 Å². The Morgan fingerprint density at radius 1 is 1.28 bits per heavy atom. The number of hydrogen-bond donors (Lipinski definition) is 1. The number of imidazole rings is 1. The molecule has 3 nitrogen and oxygen atoms in total. The van der Waals surface area contributed by atoms with Crippen molar-refractivity contribution >= 4 is 35.0 Å². The van der Waals surface area contributed by atoms with Crippen LogP contribution in [-0.2, 0) is 13.0 Å². The highest BCUT2D eigenvalue weighted by Crippen LogP contribution is 2.10. The van der Waals surface area contributed by atoms with E-state index in [1.54, 1.807) is 12.5 Å². The van der Waals surface area contributed by atoms with E-state index in [1.165, 1.54) is 9.13 Å². The fraction of sp³-hybridized carbons (Fsp3) is 0.308. The Labute approximate surface area is 127 Å². The largest absolute Gasteiger partial charge is 0.391 e. The molecule has 0 amide bonds. The van der Waals surface area contributed by atoms with Crippen molar-refractivity contribution in [1.29, 1.82) is 0 Å². The van der Waals surface area contributed by atoms with Gasteiger partial charge in [0.1, 0.15) is 0 Å². The molecule has 0 saturated carbocycles. The molecule has 5 heteroatoms. The van der Waals surface area contributed by atoms with Gasteiger partial charge in [0.15, 0.2) is 0 Å². The minimum Gasteiger partial charge on any atom is -0.391 e. The van der Waals surface area contributed by atoms with Gasteiger partial charge in [-0.15, -0.1) is 12.4 Å². The monoisotopic (exact) mass is 378 g/mol. The van der Waals surface area contributed by atoms with Crippen LogP contribution in [0.3, 0.4) is 0 Å². The summed E-state index contributed by atoms with van der Waals surface area (Å²) >= 11 is 2.29. The third kappa shape index (κ3) is 4.96. The Morgan fingerprint density at radius 2 is 2.00 bits per heavy atom. The smallest absolute Gasteiger partial charge is 0.0946 e. The molecular formula is C13H16ClIN2O. The van der Waals surface area contributed by atoms with E-state index in [2.05, 4.69) is 51.8 Å². The van der Waals surface area contributed by atoms with Crippen molar-refractivity contribution in [2.45, 2.75) is 25.5 Å². The number of hydrogen-bond acceptors (Lipinski definition) is 2. The first kappa shape index (κ1) is 15.5. The quantitative estimate of drug-likeness (QED) is 0.813. The van der Waals surface area contributed by atoms with Gasteiger partial charge in [0.05, 0.1) is 12.4 Å². The zero-order chi connectivity index (χ0) is 12.1. The summed E-state index contributed by atoms with van der Waals surface area (Å²) in [5, 5.41) is 9.89. The first-order chi connectivity index (χ1) is 8.24. The highest BCUT2D eigenvalue weighted by molar-refractivity contribution is 14.1. The van der Waals surface area contributed by atoms with Crippen LogP contribution in [0.5, 0.6) is 0 Å². The maximum absolute atomic E-state index is 9.89. The maximum atomic E-state index is 9.89. The van der Waals surface area contributed by atoms with E-state index >= 15 is 0 Å². The van der Waals surface area contributed by atoms with Crippen LogP contribution in [0.1, 0.15) is 12.0 Å². The lowest BCUT2D eigenvalue weighted by Crippen LogP contribution is -2.15. The normalized spacial score (nSPS) is 11.9. The van der Waals surface area contributed by atoms with Crippen molar-refractivity contribution in [3.63, 3.8) is 0 Å². The Balaban J connectivity index is 0.00000162. The van der Waals surface area contributed by atoms with Gasteiger partial charge in [-0.2, -0.15) is 0 Å². The standard InChI is InChI=1S/C13H15IN2O.ClH/c14-12-4-1-11(2-5-12)3-6-13(17)9-16-8-7-15-10-16;/h1-2,4-5,7-8,10,13,17H,3,6,9H2;1H. The van der Waals surface area contributed by atoms with Crippen molar-refractivity contribution in [2.75, 3.05) is 0 Å². The summed E-state index contributed by atoms with van der Waals surface area (Å²) in [7, 11) is 0. The van der Waals surface area contributed by atoms with E-state index < -0.39 is 0 Å². The second-order valence-corrected chi connectivity index (χ2v) is 5.32. The molecule has 0 bridgehead atoms. The lowest BCUT2D eigenvalue weighted by molar-refractivity contribution is 0.144. The molecule has 2 aromatic rings. The predicted molar refractivity (Wildman–Crippen MR) is 83.0 cm³/mol. The molecule has 0 aliphatic carbocycles. The third-order valence-electron chi connectivity index (χ3n) is 2.66. The van der Waals surface area contributed by atoms with Crippen LogP contribution < -0.4 is 0 Å². The highest BCUT2D eigenvalue weighted by atomic mass is 127. The van der Waals surface area contributed by atoms with Gasteiger partial charge in [-0.25, -0.2) is 4.98 Å². The van der Waals surface area contributed by atoms with Crippen molar-refractivity contribution in [2.24, 2.45) is 0 Å². The fourth-order valence-electron chi connectivity index (χ4n) is 1.71. The van der Waals surface area contributed by atoms with E-state index in [4.69, 9.17) is 0 Å². The average Bonchev–Trinajstić information content (AvgIpc) is 2.81. The van der Waals surface area contributed by atoms with Crippen LogP contribution in [0.15, 0.2) is 43.0 Å². The molecule has 18 heavy (non-hydrogen) atoms. The number of aliphatic hydroxyl groups is 1. The Kier molecular flexibility index (Phi) is 6.67. The van der Waals surface area contributed by atoms with Crippen LogP contribution in [0, 0.1) is 3.57 Å². The minimum atomic E-state index is -0.316. The Hall–Kier alpha value is -0.590. The summed E-state index contributed by atoms with van der Waals surface area (Å²) < 4.78 is 3.14. The molecule has 98 valence electrons. The third-order valence-corrected chi connectivity index (χ3v) is 3.38. The second-order valence-electron chi connectivity index (χ2n) is 4.08. The first-order valence-corrected chi connectivity index (χ1v) is 6.70. The molecule has 1 unspecified atom stereocenters. The van der Waals surface area contributed by atoms with Crippen LogP contribution in [0.4, 0.5) is 0 Å². The lowest BCUT2D eigenvalue weighted by atomic mass is 10.1. The van der Waals surface area contributed by atoms with E-state index in [9.17, 15) is 5.11 Å². The van der Waals surface area contributed by atoms with Crippen molar-refractivity contribution in [3.8, 4) is 0 Å². The number of aromatic nitrogens is 2. The molecule has 0 saturated heterocycles. The molecule has 0 aliphatic rings. The predicted octanol–water partition coefficient (Wildman–Crippen LogP) is 2.90. The average molecular weight is 379 g/mol. The van der Waals surface area contributed by atoms with E-state index in [0.29, 0.717) is 6.54 Å². The Morgan fingerprint density at radius 3 is 2.61 bits per heavy atom. The number of aliphatic hydroxyl groups excluding tert-OH is 1. The van der Waals surface area contributed by atoms with Crippen LogP contribution in [0.25, 0.3) is 0 Å². The number of rotatable bonds is 5. The van der Waals surface area contributed by atoms with Gasteiger partial charge < -0.3 is 9.67 Å². The van der Waals surface area contributed by atoms with Crippen molar-refractivity contribution in [1.82, 2.24) is 9.55 Å². The Bertz CT molecular complexity index is 445. The summed E-state index contributed by atoms with van der Waals surface area (Å²) in [6.45, 7) is 0.615. The fourth-order valence-corrected chi connectivity index (χ4v) is 2.07. The zero-order valence-corrected chi connectivity index (χ0v) is 12.8. The van der Waals surface area contributed by atoms with Gasteiger partial charge in [0, 0.05) is 22.5 Å². The van der Waals surface area contributed by atoms with Crippen LogP contribution >= 0.6 is 35.0 Å². The topological polar surface area (TPSA) is 38.0 Å². The molecule has 0 aliphatic heterocycles. The van der Waals surface area contributed by atoms with Gasteiger partial charge in [-0.05, 0) is 53.1 Å². The minimum absolute atomic E-state index is 0. The number of halogens is 2. The van der Waals surface area contributed by atoms with Crippen molar-refractivity contribution < 1.29 is 5.11 Å².